The Balaban J connectivity index is 2.02. The summed E-state index contributed by atoms with van der Waals surface area (Å²) in [6.07, 6.45) is 1.77. The molecule has 0 unspecified atom stereocenters. The molecule has 2 N–H and O–H groups in total. The average molecular weight is 258 g/mol. The fraction of sp³-hybridized carbons (Fsp3) is 0.267. The number of nitrogens with zero attached hydrogens (tertiary/aromatic N) is 1. The van der Waals surface area contributed by atoms with Gasteiger partial charge in [-0.15, -0.1) is 0 Å². The molecule has 0 bridgehead atoms. The minimum atomic E-state index is 0.117. The normalized spacial score (nSPS) is 12.1. The number of phenols is 1. The molecule has 1 atom stereocenters. The number of aromatic nitrogens is 1. The van der Waals surface area contributed by atoms with Crippen molar-refractivity contribution in [2.75, 3.05) is 7.11 Å². The topological polar surface area (TPSA) is 54.4 Å². The van der Waals surface area contributed by atoms with E-state index >= 15 is 0 Å². The minimum absolute atomic E-state index is 0.117. The van der Waals surface area contributed by atoms with Crippen LogP contribution in [-0.4, -0.2) is 17.2 Å². The molecule has 1 aromatic carbocycles. The summed E-state index contributed by atoms with van der Waals surface area (Å²) >= 11 is 0. The predicted octanol–water partition coefficient (Wildman–Crippen LogP) is 2.65. The van der Waals surface area contributed by atoms with Gasteiger partial charge in [-0.05, 0) is 37.3 Å². The van der Waals surface area contributed by atoms with Gasteiger partial charge in [0.1, 0.15) is 11.5 Å². The fourth-order valence-electron chi connectivity index (χ4n) is 1.83. The molecule has 0 spiro atoms. The zero-order valence-electron chi connectivity index (χ0n) is 11.1. The van der Waals surface area contributed by atoms with Gasteiger partial charge in [-0.25, -0.2) is 0 Å². The highest BCUT2D eigenvalue weighted by atomic mass is 16.5. The van der Waals surface area contributed by atoms with Crippen LogP contribution in [0.5, 0.6) is 11.5 Å². The van der Waals surface area contributed by atoms with Crippen molar-refractivity contribution in [2.24, 2.45) is 0 Å². The maximum atomic E-state index is 9.80. The number of methoxy groups -OCH3 is 1. The summed E-state index contributed by atoms with van der Waals surface area (Å²) in [5.74, 6) is 1.00. The average Bonchev–Trinajstić information content (AvgIpc) is 2.47. The number of phenolic OH excluding ortho intramolecular Hbond substituents is 1. The predicted molar refractivity (Wildman–Crippen MR) is 74.2 cm³/mol. The van der Waals surface area contributed by atoms with E-state index in [-0.39, 0.29) is 11.8 Å². The van der Waals surface area contributed by atoms with Gasteiger partial charge in [0.05, 0.1) is 12.8 Å². The van der Waals surface area contributed by atoms with E-state index in [1.165, 1.54) is 0 Å². The van der Waals surface area contributed by atoms with Gasteiger partial charge in [0.2, 0.25) is 0 Å². The Bertz CT molecular complexity index is 529. The van der Waals surface area contributed by atoms with Gasteiger partial charge in [0, 0.05) is 24.3 Å². The number of rotatable bonds is 5. The minimum Gasteiger partial charge on any atom is -0.508 e. The van der Waals surface area contributed by atoms with Crippen LogP contribution < -0.4 is 10.1 Å². The fourth-order valence-corrected chi connectivity index (χ4v) is 1.83. The summed E-state index contributed by atoms with van der Waals surface area (Å²) in [7, 11) is 1.61. The Morgan fingerprint density at radius 1 is 1.32 bits per heavy atom. The molecular formula is C15H18N2O2. The first-order valence-electron chi connectivity index (χ1n) is 6.21. The van der Waals surface area contributed by atoms with E-state index in [2.05, 4.69) is 10.3 Å². The molecule has 2 aromatic rings. The second-order valence-electron chi connectivity index (χ2n) is 4.35. The van der Waals surface area contributed by atoms with E-state index in [0.29, 0.717) is 6.54 Å². The number of nitrogens with one attached hydrogen (secondary N) is 1. The van der Waals surface area contributed by atoms with Gasteiger partial charge >= 0.3 is 0 Å². The van der Waals surface area contributed by atoms with E-state index in [4.69, 9.17) is 4.74 Å². The molecule has 0 aliphatic heterocycles. The van der Waals surface area contributed by atoms with Crippen molar-refractivity contribution in [2.45, 2.75) is 19.5 Å². The molecule has 2 rings (SSSR count). The molecule has 100 valence electrons. The van der Waals surface area contributed by atoms with Crippen molar-refractivity contribution in [3.05, 3.63) is 53.9 Å². The Morgan fingerprint density at radius 2 is 2.16 bits per heavy atom. The van der Waals surface area contributed by atoms with Crippen LogP contribution in [0.3, 0.4) is 0 Å². The van der Waals surface area contributed by atoms with Gasteiger partial charge in [-0.2, -0.15) is 0 Å². The zero-order chi connectivity index (χ0) is 13.7. The Labute approximate surface area is 113 Å². The third kappa shape index (κ3) is 3.45. The highest BCUT2D eigenvalue weighted by Gasteiger charge is 2.08. The van der Waals surface area contributed by atoms with Crippen LogP contribution in [0.4, 0.5) is 0 Å². The Kier molecular flexibility index (Phi) is 4.36. The highest BCUT2D eigenvalue weighted by molar-refractivity contribution is 5.39. The second-order valence-corrected chi connectivity index (χ2v) is 4.35. The molecule has 4 heteroatoms. The van der Waals surface area contributed by atoms with E-state index in [1.54, 1.807) is 25.4 Å². The molecule has 0 amide bonds. The largest absolute Gasteiger partial charge is 0.508 e. The summed E-state index contributed by atoms with van der Waals surface area (Å²) in [5, 5.41) is 13.1. The SMILES string of the molecule is COc1ccc(O)c(CN[C@@H](C)c2ccccn2)c1. The van der Waals surface area contributed by atoms with Gasteiger partial charge in [-0.3, -0.25) is 4.98 Å². The van der Waals surface area contributed by atoms with E-state index in [0.717, 1.165) is 17.0 Å². The van der Waals surface area contributed by atoms with Gasteiger partial charge in [0.15, 0.2) is 0 Å². The summed E-state index contributed by atoms with van der Waals surface area (Å²) in [5.41, 5.74) is 1.78. The molecular weight excluding hydrogens is 240 g/mol. The lowest BCUT2D eigenvalue weighted by atomic mass is 10.1. The maximum absolute atomic E-state index is 9.80. The quantitative estimate of drug-likeness (QED) is 0.865. The molecule has 0 saturated carbocycles. The first kappa shape index (κ1) is 13.4. The van der Waals surface area contributed by atoms with Crippen molar-refractivity contribution in [1.82, 2.24) is 10.3 Å². The maximum Gasteiger partial charge on any atom is 0.120 e. The summed E-state index contributed by atoms with van der Waals surface area (Å²) in [6, 6.07) is 11.2. The lowest BCUT2D eigenvalue weighted by Gasteiger charge is -2.14. The molecule has 1 heterocycles. The van der Waals surface area contributed by atoms with E-state index in [1.807, 2.05) is 31.2 Å². The first-order chi connectivity index (χ1) is 9.20. The van der Waals surface area contributed by atoms with E-state index < -0.39 is 0 Å². The summed E-state index contributed by atoms with van der Waals surface area (Å²) < 4.78 is 5.15. The second kappa shape index (κ2) is 6.20. The lowest BCUT2D eigenvalue weighted by Crippen LogP contribution is -2.19. The number of pyridine rings is 1. The van der Waals surface area contributed by atoms with Crippen LogP contribution in [0.25, 0.3) is 0 Å². The number of hydrogen-bond donors (Lipinski definition) is 2. The zero-order valence-corrected chi connectivity index (χ0v) is 11.1. The van der Waals surface area contributed by atoms with Crippen LogP contribution in [0.2, 0.25) is 0 Å². The van der Waals surface area contributed by atoms with Crippen LogP contribution in [0.15, 0.2) is 42.6 Å². The standard InChI is InChI=1S/C15H18N2O2/c1-11(14-5-3-4-8-16-14)17-10-12-9-13(19-2)6-7-15(12)18/h3-9,11,17-18H,10H2,1-2H3/t11-/m0/s1. The van der Waals surface area contributed by atoms with Crippen molar-refractivity contribution < 1.29 is 9.84 Å². The van der Waals surface area contributed by atoms with Crippen molar-refractivity contribution in [1.29, 1.82) is 0 Å². The molecule has 0 saturated heterocycles. The molecule has 4 nitrogen and oxygen atoms in total. The summed E-state index contributed by atoms with van der Waals surface area (Å²) in [6.45, 7) is 2.60. The third-order valence-corrected chi connectivity index (χ3v) is 3.02. The first-order valence-corrected chi connectivity index (χ1v) is 6.21. The van der Waals surface area contributed by atoms with Gasteiger partial charge in [-0.1, -0.05) is 6.07 Å². The number of ether oxygens (including phenoxy) is 1. The number of hydrogen-bond acceptors (Lipinski definition) is 4. The third-order valence-electron chi connectivity index (χ3n) is 3.02. The smallest absolute Gasteiger partial charge is 0.120 e. The molecule has 1 aromatic heterocycles. The molecule has 0 aliphatic carbocycles. The number of benzene rings is 1. The Hall–Kier alpha value is -2.07. The Morgan fingerprint density at radius 3 is 2.84 bits per heavy atom. The van der Waals surface area contributed by atoms with Crippen molar-refractivity contribution in [3.63, 3.8) is 0 Å². The monoisotopic (exact) mass is 258 g/mol. The van der Waals surface area contributed by atoms with Crippen molar-refractivity contribution in [3.8, 4) is 11.5 Å². The number of aromatic hydroxyl groups is 1. The van der Waals surface area contributed by atoms with E-state index in [9.17, 15) is 5.11 Å². The van der Waals surface area contributed by atoms with Crippen LogP contribution in [0.1, 0.15) is 24.2 Å². The molecule has 19 heavy (non-hydrogen) atoms. The van der Waals surface area contributed by atoms with Crippen LogP contribution in [-0.2, 0) is 6.54 Å². The lowest BCUT2D eigenvalue weighted by molar-refractivity contribution is 0.409. The van der Waals surface area contributed by atoms with Gasteiger partial charge < -0.3 is 15.2 Å². The van der Waals surface area contributed by atoms with Crippen LogP contribution >= 0.6 is 0 Å². The molecule has 0 fully saturated rings. The molecule has 0 radical (unpaired) electrons. The molecule has 0 aliphatic rings. The summed E-state index contributed by atoms with van der Waals surface area (Å²) in [4.78, 5) is 4.30. The van der Waals surface area contributed by atoms with Crippen molar-refractivity contribution >= 4 is 0 Å². The highest BCUT2D eigenvalue weighted by Crippen LogP contribution is 2.23. The van der Waals surface area contributed by atoms with Gasteiger partial charge in [0.25, 0.3) is 0 Å². The van der Waals surface area contributed by atoms with Crippen LogP contribution in [0, 0.1) is 0 Å².